The van der Waals surface area contributed by atoms with Crippen molar-refractivity contribution in [3.05, 3.63) is 40.9 Å². The van der Waals surface area contributed by atoms with Crippen LogP contribution >= 0.6 is 11.3 Å². The highest BCUT2D eigenvalue weighted by molar-refractivity contribution is 7.18. The molecule has 3 aromatic rings. The van der Waals surface area contributed by atoms with Crippen molar-refractivity contribution in [2.75, 3.05) is 6.54 Å². The fourth-order valence-corrected chi connectivity index (χ4v) is 5.36. The average Bonchev–Trinajstić information content (AvgIpc) is 3.60. The minimum Gasteiger partial charge on any atom is -0.415 e. The molecule has 0 unspecified atom stereocenters. The summed E-state index contributed by atoms with van der Waals surface area (Å²) < 4.78 is 114. The van der Waals surface area contributed by atoms with Crippen molar-refractivity contribution in [1.29, 1.82) is 0 Å². The number of aliphatic hydroxyl groups is 2. The maximum Gasteiger partial charge on any atom is 0.430 e. The van der Waals surface area contributed by atoms with Crippen LogP contribution in [0.25, 0.3) is 21.3 Å². The van der Waals surface area contributed by atoms with E-state index < -0.39 is 58.3 Å². The molecule has 3 heterocycles. The number of carbonyl (C=O) groups excluding carboxylic acids is 1. The number of alkyl halides is 8. The third-order valence-corrected chi connectivity index (χ3v) is 7.62. The Labute approximate surface area is 230 Å². The molecule has 8 nitrogen and oxygen atoms in total. The van der Waals surface area contributed by atoms with Crippen LogP contribution < -0.4 is 0 Å². The summed E-state index contributed by atoms with van der Waals surface area (Å²) in [5.41, 5.74) is -11.2. The summed E-state index contributed by atoms with van der Waals surface area (Å²) in [7, 11) is 0. The molecule has 1 saturated heterocycles. The maximum absolute atomic E-state index is 14.2. The summed E-state index contributed by atoms with van der Waals surface area (Å²) >= 11 is 0.557. The number of rotatable bonds is 6. The molecule has 4 rings (SSSR count). The first-order valence-corrected chi connectivity index (χ1v) is 12.8. The molecule has 17 heteroatoms. The minimum atomic E-state index is -6.30. The number of carbonyl (C=O) groups is 1. The molecule has 41 heavy (non-hydrogen) atoms. The molecule has 1 fully saturated rings. The normalized spacial score (nSPS) is 17.1. The number of amides is 1. The fourth-order valence-electron chi connectivity index (χ4n) is 4.33. The van der Waals surface area contributed by atoms with Gasteiger partial charge in [-0.1, -0.05) is 12.1 Å². The van der Waals surface area contributed by atoms with E-state index in [2.05, 4.69) is 15.2 Å². The second-order valence-electron chi connectivity index (χ2n) is 9.97. The lowest BCUT2D eigenvalue weighted by Gasteiger charge is -2.33. The summed E-state index contributed by atoms with van der Waals surface area (Å²) in [4.78, 5) is 18.7. The molecule has 0 bridgehead atoms. The monoisotopic (exact) mass is 614 g/mol. The van der Waals surface area contributed by atoms with Crippen LogP contribution in [0.3, 0.4) is 0 Å². The zero-order valence-electron chi connectivity index (χ0n) is 21.4. The van der Waals surface area contributed by atoms with Crippen LogP contribution in [0.1, 0.15) is 67.5 Å². The van der Waals surface area contributed by atoms with Gasteiger partial charge in [-0.3, -0.25) is 4.79 Å². The Balaban J connectivity index is 1.93. The molecular formula is C24H22F8N4O4S. The molecule has 2 N–H and O–H groups in total. The second-order valence-corrected chi connectivity index (χ2v) is 11.0. The molecule has 1 atom stereocenters. The molecular weight excluding hydrogens is 592 g/mol. The fraction of sp³-hybridized carbons (Fsp3) is 0.500. The summed E-state index contributed by atoms with van der Waals surface area (Å²) in [6.07, 6.45) is -15.0. The highest BCUT2D eigenvalue weighted by Crippen LogP contribution is 2.51. The Morgan fingerprint density at radius 2 is 1.73 bits per heavy atom. The standard InChI is InChI=1S/C24H22F8N4O4S/c1-10-5-4-8-36(10)19(37)14-15(41-18(33-14)17-34-35-20(40-17)21(2,3)38)12-7-6-11(9-13(12)16(25)26)22(39,23(27,28)29)24(30,31)32/h6-7,9-10,16,38-39H,4-5,8H2,1-3H3/t10-/m0/s1. The van der Waals surface area contributed by atoms with E-state index in [0.29, 0.717) is 36.8 Å². The molecule has 0 aliphatic carbocycles. The predicted octanol–water partition coefficient (Wildman–Crippen LogP) is 5.96. The van der Waals surface area contributed by atoms with Gasteiger partial charge in [0.1, 0.15) is 11.3 Å². The first-order chi connectivity index (χ1) is 18.8. The first kappa shape index (κ1) is 30.8. The number of nitrogens with zero attached hydrogens (tertiary/aromatic N) is 4. The number of aromatic nitrogens is 3. The van der Waals surface area contributed by atoms with E-state index in [1.54, 1.807) is 6.92 Å². The van der Waals surface area contributed by atoms with Crippen molar-refractivity contribution in [2.45, 2.75) is 69.6 Å². The van der Waals surface area contributed by atoms with E-state index in [0.717, 1.165) is 0 Å². The van der Waals surface area contributed by atoms with Crippen molar-refractivity contribution in [3.8, 4) is 21.3 Å². The smallest absolute Gasteiger partial charge is 0.415 e. The quantitative estimate of drug-likeness (QED) is 0.330. The van der Waals surface area contributed by atoms with Crippen LogP contribution in [0.4, 0.5) is 35.1 Å². The zero-order chi connectivity index (χ0) is 30.7. The highest BCUT2D eigenvalue weighted by atomic mass is 32.1. The lowest BCUT2D eigenvalue weighted by molar-refractivity contribution is -0.376. The number of halogens is 8. The molecule has 1 aromatic carbocycles. The van der Waals surface area contributed by atoms with Crippen LogP contribution in [-0.2, 0) is 11.2 Å². The zero-order valence-corrected chi connectivity index (χ0v) is 22.3. The van der Waals surface area contributed by atoms with Gasteiger partial charge in [-0.05, 0) is 39.7 Å². The Morgan fingerprint density at radius 1 is 1.10 bits per heavy atom. The maximum atomic E-state index is 14.2. The highest BCUT2D eigenvalue weighted by Gasteiger charge is 2.71. The summed E-state index contributed by atoms with van der Waals surface area (Å²) in [5, 5.41) is 27.1. The van der Waals surface area contributed by atoms with Crippen LogP contribution in [0.2, 0.25) is 0 Å². The number of hydrogen-bond acceptors (Lipinski definition) is 8. The van der Waals surface area contributed by atoms with Crippen molar-refractivity contribution in [2.24, 2.45) is 0 Å². The van der Waals surface area contributed by atoms with E-state index >= 15 is 0 Å². The van der Waals surface area contributed by atoms with Gasteiger partial charge < -0.3 is 19.5 Å². The number of benzene rings is 1. The Kier molecular flexibility index (Phi) is 7.71. The van der Waals surface area contributed by atoms with Gasteiger partial charge in [0.15, 0.2) is 5.01 Å². The van der Waals surface area contributed by atoms with Crippen molar-refractivity contribution in [3.63, 3.8) is 0 Å². The van der Waals surface area contributed by atoms with E-state index in [4.69, 9.17) is 4.42 Å². The number of likely N-dealkylation sites (tertiary alicyclic amines) is 1. The first-order valence-electron chi connectivity index (χ1n) is 11.9. The summed E-state index contributed by atoms with van der Waals surface area (Å²) in [5.74, 6) is -1.29. The molecule has 224 valence electrons. The van der Waals surface area contributed by atoms with E-state index in [1.807, 2.05) is 0 Å². The van der Waals surface area contributed by atoms with Crippen LogP contribution in [0.5, 0.6) is 0 Å². The van der Waals surface area contributed by atoms with Gasteiger partial charge in [0.25, 0.3) is 23.8 Å². The Bertz CT molecular complexity index is 1430. The third-order valence-electron chi connectivity index (χ3n) is 6.54. The average molecular weight is 615 g/mol. The summed E-state index contributed by atoms with van der Waals surface area (Å²) in [6.45, 7) is 4.70. The lowest BCUT2D eigenvalue weighted by atomic mass is 9.89. The third kappa shape index (κ3) is 5.41. The molecule has 2 aromatic heterocycles. The van der Waals surface area contributed by atoms with Crippen LogP contribution in [0, 0.1) is 0 Å². The van der Waals surface area contributed by atoms with Crippen molar-refractivity contribution >= 4 is 17.2 Å². The van der Waals surface area contributed by atoms with Crippen molar-refractivity contribution in [1.82, 2.24) is 20.1 Å². The topological polar surface area (TPSA) is 113 Å². The second kappa shape index (κ2) is 10.3. The van der Waals surface area contributed by atoms with Gasteiger partial charge in [0.05, 0.1) is 4.88 Å². The van der Waals surface area contributed by atoms with Crippen LogP contribution in [-0.4, -0.2) is 61.1 Å². The van der Waals surface area contributed by atoms with E-state index in [-0.39, 0.29) is 39.8 Å². The Morgan fingerprint density at radius 3 is 2.22 bits per heavy atom. The molecule has 0 radical (unpaired) electrons. The minimum absolute atomic E-state index is 0.0911. The molecule has 1 amide bonds. The Hall–Kier alpha value is -3.18. The van der Waals surface area contributed by atoms with Crippen LogP contribution in [0.15, 0.2) is 22.6 Å². The van der Waals surface area contributed by atoms with Gasteiger partial charge in [0.2, 0.25) is 5.89 Å². The largest absolute Gasteiger partial charge is 0.430 e. The van der Waals surface area contributed by atoms with Gasteiger partial charge in [-0.2, -0.15) is 26.3 Å². The van der Waals surface area contributed by atoms with E-state index in [9.17, 15) is 50.1 Å². The predicted molar refractivity (Wildman–Crippen MR) is 127 cm³/mol. The number of thiazole rings is 1. The lowest BCUT2D eigenvalue weighted by Crippen LogP contribution is -2.54. The number of hydrogen-bond donors (Lipinski definition) is 2. The van der Waals surface area contributed by atoms with Gasteiger partial charge in [0, 0.05) is 29.3 Å². The molecule has 1 aliphatic heterocycles. The van der Waals surface area contributed by atoms with Gasteiger partial charge in [-0.15, -0.1) is 21.5 Å². The summed E-state index contributed by atoms with van der Waals surface area (Å²) in [6, 6.07) is 0.396. The van der Waals surface area contributed by atoms with Gasteiger partial charge in [-0.25, -0.2) is 13.8 Å². The molecule has 0 spiro atoms. The molecule has 0 saturated carbocycles. The van der Waals surface area contributed by atoms with Crippen molar-refractivity contribution < 1.29 is 54.5 Å². The SMILES string of the molecule is C[C@H]1CCCN1C(=O)c1nc(-c2nnc(C(C)(C)O)o2)sc1-c1ccc(C(O)(C(F)(F)F)C(F)(F)F)cc1C(F)F. The molecule has 1 aliphatic rings. The van der Waals surface area contributed by atoms with Gasteiger partial charge >= 0.3 is 12.4 Å². The van der Waals surface area contributed by atoms with E-state index in [1.165, 1.54) is 18.7 Å².